The summed E-state index contributed by atoms with van der Waals surface area (Å²) in [6.45, 7) is 2.12. The van der Waals surface area contributed by atoms with Crippen LogP contribution in [0.15, 0.2) is 168 Å². The first-order valence-corrected chi connectivity index (χ1v) is 16.7. The summed E-state index contributed by atoms with van der Waals surface area (Å²) in [6, 6.07) is 56.0. The second kappa shape index (κ2) is 10.9. The fourth-order valence-electron chi connectivity index (χ4n) is 7.29. The SMILES string of the molecule is C/C=C\c1c(-c2cc(-c3ccccc3)cc(-c3ccc4c5c(cccc35)-c3ccccc3S4)c2)ccc2ccc3ccccc3c12. The molecule has 0 saturated heterocycles. The molecule has 8 aromatic rings. The van der Waals surface area contributed by atoms with Crippen molar-refractivity contribution >= 4 is 50.2 Å². The molecule has 1 heterocycles. The van der Waals surface area contributed by atoms with Crippen molar-refractivity contribution in [1.82, 2.24) is 0 Å². The lowest BCUT2D eigenvalue weighted by Gasteiger charge is -2.22. The Labute approximate surface area is 273 Å². The number of fused-ring (bicyclic) bond motifs is 5. The van der Waals surface area contributed by atoms with Gasteiger partial charge in [-0.2, -0.15) is 0 Å². The Balaban J connectivity index is 1.33. The maximum atomic E-state index is 2.40. The molecule has 0 N–H and O–H groups in total. The van der Waals surface area contributed by atoms with Crippen LogP contribution in [0.25, 0.3) is 82.9 Å². The molecule has 0 radical (unpaired) electrons. The topological polar surface area (TPSA) is 0 Å². The summed E-state index contributed by atoms with van der Waals surface area (Å²) in [5, 5.41) is 7.76. The number of benzene rings is 8. The first-order chi connectivity index (χ1) is 22.8. The number of hydrogen-bond donors (Lipinski definition) is 0. The van der Waals surface area contributed by atoms with E-state index in [1.165, 1.54) is 92.2 Å². The van der Waals surface area contributed by atoms with Crippen LogP contribution in [-0.4, -0.2) is 0 Å². The van der Waals surface area contributed by atoms with Gasteiger partial charge in [0, 0.05) is 15.2 Å². The molecule has 0 aliphatic carbocycles. The molecule has 216 valence electrons. The van der Waals surface area contributed by atoms with Crippen LogP contribution in [0.1, 0.15) is 12.5 Å². The van der Waals surface area contributed by atoms with Crippen LogP contribution in [0.2, 0.25) is 0 Å². The Morgan fingerprint density at radius 1 is 0.413 bits per heavy atom. The van der Waals surface area contributed by atoms with Crippen molar-refractivity contribution in [3.05, 3.63) is 163 Å². The van der Waals surface area contributed by atoms with E-state index in [0.29, 0.717) is 0 Å². The van der Waals surface area contributed by atoms with Crippen molar-refractivity contribution in [3.63, 3.8) is 0 Å². The zero-order valence-corrected chi connectivity index (χ0v) is 26.3. The van der Waals surface area contributed by atoms with E-state index in [-0.39, 0.29) is 0 Å². The predicted octanol–water partition coefficient (Wildman–Crippen LogP) is 13.3. The summed E-state index contributed by atoms with van der Waals surface area (Å²) in [5.74, 6) is 0. The highest BCUT2D eigenvalue weighted by molar-refractivity contribution is 7.99. The molecule has 9 rings (SSSR count). The molecule has 1 aliphatic rings. The zero-order chi connectivity index (χ0) is 30.6. The average molecular weight is 603 g/mol. The van der Waals surface area contributed by atoms with Crippen molar-refractivity contribution in [2.24, 2.45) is 0 Å². The fourth-order valence-corrected chi connectivity index (χ4v) is 8.41. The van der Waals surface area contributed by atoms with Gasteiger partial charge in [-0.15, -0.1) is 0 Å². The third-order valence-electron chi connectivity index (χ3n) is 9.35. The van der Waals surface area contributed by atoms with Crippen molar-refractivity contribution in [2.75, 3.05) is 0 Å². The van der Waals surface area contributed by atoms with Crippen LogP contribution in [0.4, 0.5) is 0 Å². The summed E-state index contributed by atoms with van der Waals surface area (Å²) in [5.41, 5.74) is 11.3. The lowest BCUT2D eigenvalue weighted by atomic mass is 9.86. The van der Waals surface area contributed by atoms with Crippen molar-refractivity contribution in [3.8, 4) is 44.5 Å². The summed E-state index contributed by atoms with van der Waals surface area (Å²) >= 11 is 1.88. The summed E-state index contributed by atoms with van der Waals surface area (Å²) in [4.78, 5) is 2.65. The standard InChI is InChI=1S/C45H30S/c1-2-11-39-35(23-22-31-21-20-30-14-6-7-15-37(30)44(31)39)33-26-32(29-12-4-3-5-13-29)27-34(28-33)36-24-25-43-45-40(36)17-10-18-41(45)38-16-8-9-19-42(38)46-43/h2-28H,1H3/b11-2-. The molecular formula is C45H30S. The number of hydrogen-bond acceptors (Lipinski definition) is 1. The summed E-state index contributed by atoms with van der Waals surface area (Å²) < 4.78 is 0. The monoisotopic (exact) mass is 602 g/mol. The Morgan fingerprint density at radius 3 is 1.98 bits per heavy atom. The van der Waals surface area contributed by atoms with E-state index in [1.54, 1.807) is 0 Å². The Morgan fingerprint density at radius 2 is 1.09 bits per heavy atom. The van der Waals surface area contributed by atoms with E-state index >= 15 is 0 Å². The summed E-state index contributed by atoms with van der Waals surface area (Å²) in [6.07, 6.45) is 4.46. The van der Waals surface area contributed by atoms with Gasteiger partial charge in [-0.3, -0.25) is 0 Å². The maximum Gasteiger partial charge on any atom is 0.0207 e. The highest BCUT2D eigenvalue weighted by Gasteiger charge is 2.21. The lowest BCUT2D eigenvalue weighted by Crippen LogP contribution is -1.95. The summed E-state index contributed by atoms with van der Waals surface area (Å²) in [7, 11) is 0. The molecule has 1 heteroatoms. The van der Waals surface area contributed by atoms with Crippen LogP contribution in [0.3, 0.4) is 0 Å². The minimum Gasteiger partial charge on any atom is -0.0888 e. The van der Waals surface area contributed by atoms with Crippen LogP contribution in [0.5, 0.6) is 0 Å². The van der Waals surface area contributed by atoms with E-state index < -0.39 is 0 Å². The first kappa shape index (κ1) is 27.0. The van der Waals surface area contributed by atoms with Crippen LogP contribution >= 0.6 is 11.8 Å². The maximum absolute atomic E-state index is 2.40. The Hall–Kier alpha value is -5.37. The highest BCUT2D eigenvalue weighted by Crippen LogP contribution is 2.50. The zero-order valence-electron chi connectivity index (χ0n) is 25.5. The molecule has 0 nitrogen and oxygen atoms in total. The smallest absolute Gasteiger partial charge is 0.0207 e. The quantitative estimate of drug-likeness (QED) is 0.181. The average Bonchev–Trinajstić information content (AvgIpc) is 3.12. The molecule has 1 aliphatic heterocycles. The van der Waals surface area contributed by atoms with Gasteiger partial charge in [0.15, 0.2) is 0 Å². The Bertz CT molecular complexity index is 2500. The number of rotatable bonds is 4. The predicted molar refractivity (Wildman–Crippen MR) is 200 cm³/mol. The highest BCUT2D eigenvalue weighted by atomic mass is 32.2. The molecule has 0 fully saturated rings. The molecule has 0 unspecified atom stereocenters. The molecule has 8 aromatic carbocycles. The molecule has 46 heavy (non-hydrogen) atoms. The van der Waals surface area contributed by atoms with Gasteiger partial charge in [0.2, 0.25) is 0 Å². The van der Waals surface area contributed by atoms with Crippen molar-refractivity contribution in [2.45, 2.75) is 16.7 Å². The van der Waals surface area contributed by atoms with Gasteiger partial charge < -0.3 is 0 Å². The fraction of sp³-hybridized carbons (Fsp3) is 0.0222. The van der Waals surface area contributed by atoms with Gasteiger partial charge in [0.05, 0.1) is 0 Å². The van der Waals surface area contributed by atoms with E-state index in [9.17, 15) is 0 Å². The van der Waals surface area contributed by atoms with Gasteiger partial charge in [-0.05, 0) is 114 Å². The van der Waals surface area contributed by atoms with E-state index in [0.717, 1.165) is 0 Å². The van der Waals surface area contributed by atoms with Crippen LogP contribution in [0, 0.1) is 0 Å². The second-order valence-corrected chi connectivity index (χ2v) is 13.1. The van der Waals surface area contributed by atoms with Crippen LogP contribution in [-0.2, 0) is 0 Å². The van der Waals surface area contributed by atoms with Gasteiger partial charge in [0.1, 0.15) is 0 Å². The van der Waals surface area contributed by atoms with E-state index in [2.05, 4.69) is 171 Å². The third kappa shape index (κ3) is 4.31. The normalized spacial score (nSPS) is 12.3. The Kier molecular flexibility index (Phi) is 6.40. The van der Waals surface area contributed by atoms with E-state index in [4.69, 9.17) is 0 Å². The molecular weight excluding hydrogens is 573 g/mol. The minimum atomic E-state index is 1.22. The molecule has 0 aromatic heterocycles. The third-order valence-corrected chi connectivity index (χ3v) is 10.5. The van der Waals surface area contributed by atoms with Gasteiger partial charge in [-0.1, -0.05) is 145 Å². The molecule has 0 bridgehead atoms. The van der Waals surface area contributed by atoms with Crippen LogP contribution < -0.4 is 0 Å². The minimum absolute atomic E-state index is 1.22. The van der Waals surface area contributed by atoms with Crippen molar-refractivity contribution < 1.29 is 0 Å². The van der Waals surface area contributed by atoms with Gasteiger partial charge >= 0.3 is 0 Å². The molecule has 0 saturated carbocycles. The number of allylic oxidation sites excluding steroid dienone is 1. The molecule has 0 atom stereocenters. The first-order valence-electron chi connectivity index (χ1n) is 15.9. The van der Waals surface area contributed by atoms with E-state index in [1.807, 2.05) is 11.8 Å². The largest absolute Gasteiger partial charge is 0.0888 e. The van der Waals surface area contributed by atoms with Crippen molar-refractivity contribution in [1.29, 1.82) is 0 Å². The molecule has 0 amide bonds. The molecule has 0 spiro atoms. The second-order valence-electron chi connectivity index (χ2n) is 12.0. The lowest BCUT2D eigenvalue weighted by molar-refractivity contribution is 1.40. The van der Waals surface area contributed by atoms with Gasteiger partial charge in [0.25, 0.3) is 0 Å². The van der Waals surface area contributed by atoms with Gasteiger partial charge in [-0.25, -0.2) is 0 Å².